The average molecular weight is 363 g/mol. The molecule has 5 rings (SSSR count). The van der Waals surface area contributed by atoms with Crippen LogP contribution in [0.3, 0.4) is 0 Å². The molecule has 0 saturated heterocycles. The van der Waals surface area contributed by atoms with E-state index in [9.17, 15) is 4.79 Å². The van der Waals surface area contributed by atoms with E-state index in [-0.39, 0.29) is 17.2 Å². The molecule has 0 aliphatic heterocycles. The first-order chi connectivity index (χ1) is 13.8. The van der Waals surface area contributed by atoms with Crippen LogP contribution in [0.4, 0.5) is 5.69 Å². The minimum absolute atomic E-state index is 0.0660. The van der Waals surface area contributed by atoms with Crippen LogP contribution >= 0.6 is 0 Å². The van der Waals surface area contributed by atoms with Crippen molar-refractivity contribution in [3.8, 4) is 0 Å². The average Bonchev–Trinajstić information content (AvgIpc) is 3.52. The lowest BCUT2D eigenvalue weighted by Crippen LogP contribution is -2.22. The fourth-order valence-electron chi connectivity index (χ4n) is 4.35. The molecule has 0 unspecified atom stereocenters. The van der Waals surface area contributed by atoms with Crippen LogP contribution < -0.4 is 5.32 Å². The summed E-state index contributed by atoms with van der Waals surface area (Å²) in [7, 11) is 0. The summed E-state index contributed by atoms with van der Waals surface area (Å²) in [6.45, 7) is 0. The summed E-state index contributed by atoms with van der Waals surface area (Å²) in [6.07, 6.45) is 0.834. The van der Waals surface area contributed by atoms with Crippen molar-refractivity contribution >= 4 is 22.4 Å². The molecule has 1 saturated carbocycles. The quantitative estimate of drug-likeness (QED) is 0.489. The number of rotatable bonds is 4. The van der Waals surface area contributed by atoms with Gasteiger partial charge in [0.15, 0.2) is 0 Å². The number of fused-ring (bicyclic) bond motifs is 1. The first-order valence-corrected chi connectivity index (χ1v) is 9.68. The van der Waals surface area contributed by atoms with E-state index < -0.39 is 0 Å². The Labute approximate surface area is 164 Å². The Morgan fingerprint density at radius 1 is 0.714 bits per heavy atom. The van der Waals surface area contributed by atoms with E-state index in [1.165, 1.54) is 16.5 Å². The van der Waals surface area contributed by atoms with Crippen molar-refractivity contribution in [1.82, 2.24) is 0 Å². The van der Waals surface area contributed by atoms with Gasteiger partial charge in [0, 0.05) is 11.1 Å². The Hall–Kier alpha value is -3.39. The molecule has 1 aliphatic carbocycles. The summed E-state index contributed by atoms with van der Waals surface area (Å²) in [5, 5.41) is 5.46. The molecule has 136 valence electrons. The SMILES string of the molecule is O=C(Nc1ccc2ccccc2c1)[C@@H]1CC1(c1ccccc1)c1ccccc1. The van der Waals surface area contributed by atoms with Gasteiger partial charge < -0.3 is 5.32 Å². The van der Waals surface area contributed by atoms with Crippen LogP contribution in [0.5, 0.6) is 0 Å². The molecule has 1 atom stereocenters. The van der Waals surface area contributed by atoms with Crippen LogP contribution in [0.15, 0.2) is 103 Å². The molecule has 0 aromatic heterocycles. The molecule has 1 aliphatic rings. The molecular weight excluding hydrogens is 342 g/mol. The highest BCUT2D eigenvalue weighted by Gasteiger charge is 2.60. The number of carbonyl (C=O) groups excluding carboxylic acids is 1. The van der Waals surface area contributed by atoms with Crippen LogP contribution in [-0.2, 0) is 10.2 Å². The van der Waals surface area contributed by atoms with E-state index in [4.69, 9.17) is 0 Å². The van der Waals surface area contributed by atoms with Crippen molar-refractivity contribution in [3.05, 3.63) is 114 Å². The summed E-state index contributed by atoms with van der Waals surface area (Å²) in [5.41, 5.74) is 3.04. The number of carbonyl (C=O) groups is 1. The second-order valence-electron chi connectivity index (χ2n) is 7.51. The minimum Gasteiger partial charge on any atom is -0.326 e. The van der Waals surface area contributed by atoms with Gasteiger partial charge in [0.25, 0.3) is 0 Å². The Morgan fingerprint density at radius 3 is 1.93 bits per heavy atom. The summed E-state index contributed by atoms with van der Waals surface area (Å²) in [6, 6.07) is 35.1. The van der Waals surface area contributed by atoms with Crippen LogP contribution in [0.2, 0.25) is 0 Å². The summed E-state index contributed by atoms with van der Waals surface area (Å²) < 4.78 is 0. The van der Waals surface area contributed by atoms with Gasteiger partial charge in [0.05, 0.1) is 5.92 Å². The Kier molecular flexibility index (Phi) is 3.98. The van der Waals surface area contributed by atoms with Crippen molar-refractivity contribution in [2.45, 2.75) is 11.8 Å². The molecule has 1 N–H and O–H groups in total. The van der Waals surface area contributed by atoms with Crippen LogP contribution in [0.25, 0.3) is 10.8 Å². The number of hydrogen-bond acceptors (Lipinski definition) is 1. The maximum atomic E-state index is 13.2. The zero-order valence-electron chi connectivity index (χ0n) is 15.5. The highest BCUT2D eigenvalue weighted by molar-refractivity contribution is 5.99. The summed E-state index contributed by atoms with van der Waals surface area (Å²) >= 11 is 0. The third kappa shape index (κ3) is 2.78. The van der Waals surface area contributed by atoms with E-state index in [2.05, 4.69) is 72.0 Å². The molecule has 0 heterocycles. The zero-order chi connectivity index (χ0) is 19.0. The maximum Gasteiger partial charge on any atom is 0.228 e. The van der Waals surface area contributed by atoms with Gasteiger partial charge in [0.2, 0.25) is 5.91 Å². The van der Waals surface area contributed by atoms with Crippen molar-refractivity contribution in [2.24, 2.45) is 5.92 Å². The molecule has 1 amide bonds. The molecule has 2 nitrogen and oxygen atoms in total. The molecule has 2 heteroatoms. The van der Waals surface area contributed by atoms with E-state index in [1.807, 2.05) is 36.4 Å². The largest absolute Gasteiger partial charge is 0.326 e. The Morgan fingerprint density at radius 2 is 1.29 bits per heavy atom. The molecule has 0 radical (unpaired) electrons. The Balaban J connectivity index is 1.46. The highest BCUT2D eigenvalue weighted by Crippen LogP contribution is 2.59. The van der Waals surface area contributed by atoms with Crippen molar-refractivity contribution in [3.63, 3.8) is 0 Å². The lowest BCUT2D eigenvalue weighted by Gasteiger charge is -2.19. The van der Waals surface area contributed by atoms with Gasteiger partial charge in [-0.25, -0.2) is 0 Å². The van der Waals surface area contributed by atoms with Crippen LogP contribution in [-0.4, -0.2) is 5.91 Å². The van der Waals surface area contributed by atoms with Gasteiger partial charge in [-0.3, -0.25) is 4.79 Å². The fraction of sp³-hybridized carbons (Fsp3) is 0.115. The Bertz CT molecular complexity index is 1100. The monoisotopic (exact) mass is 363 g/mol. The molecule has 4 aromatic carbocycles. The van der Waals surface area contributed by atoms with Gasteiger partial charge in [0.1, 0.15) is 0 Å². The fourth-order valence-corrected chi connectivity index (χ4v) is 4.35. The maximum absolute atomic E-state index is 13.2. The summed E-state index contributed by atoms with van der Waals surface area (Å²) in [4.78, 5) is 13.2. The minimum atomic E-state index is -0.233. The number of anilines is 1. The second kappa shape index (κ2) is 6.65. The van der Waals surface area contributed by atoms with E-state index in [0.29, 0.717) is 0 Å². The van der Waals surface area contributed by atoms with E-state index in [0.717, 1.165) is 17.5 Å². The first-order valence-electron chi connectivity index (χ1n) is 9.68. The standard InChI is InChI=1S/C26H21NO/c28-25(27-23-16-15-19-9-7-8-10-20(19)17-23)24-18-26(24,21-11-3-1-4-12-21)22-13-5-2-6-14-22/h1-17,24H,18H2,(H,27,28)/t24-/m0/s1. The van der Waals surface area contributed by atoms with Gasteiger partial charge in [-0.1, -0.05) is 91.0 Å². The number of amides is 1. The van der Waals surface area contributed by atoms with Crippen molar-refractivity contribution in [2.75, 3.05) is 5.32 Å². The molecule has 4 aromatic rings. The van der Waals surface area contributed by atoms with Gasteiger partial charge in [-0.2, -0.15) is 0 Å². The third-order valence-electron chi connectivity index (χ3n) is 5.87. The predicted molar refractivity (Wildman–Crippen MR) is 114 cm³/mol. The molecule has 28 heavy (non-hydrogen) atoms. The normalized spacial score (nSPS) is 17.2. The van der Waals surface area contributed by atoms with Crippen molar-refractivity contribution < 1.29 is 4.79 Å². The van der Waals surface area contributed by atoms with Gasteiger partial charge >= 0.3 is 0 Å². The smallest absolute Gasteiger partial charge is 0.228 e. The van der Waals surface area contributed by atoms with Crippen molar-refractivity contribution in [1.29, 1.82) is 0 Å². The van der Waals surface area contributed by atoms with Gasteiger partial charge in [-0.05, 0) is 40.5 Å². The number of hydrogen-bond donors (Lipinski definition) is 1. The van der Waals surface area contributed by atoms with E-state index >= 15 is 0 Å². The lowest BCUT2D eigenvalue weighted by atomic mass is 9.85. The zero-order valence-corrected chi connectivity index (χ0v) is 15.5. The molecule has 0 spiro atoms. The third-order valence-corrected chi connectivity index (χ3v) is 5.87. The van der Waals surface area contributed by atoms with Gasteiger partial charge in [-0.15, -0.1) is 0 Å². The number of nitrogens with one attached hydrogen (secondary N) is 1. The second-order valence-corrected chi connectivity index (χ2v) is 7.51. The predicted octanol–water partition coefficient (Wildman–Crippen LogP) is 5.78. The van der Waals surface area contributed by atoms with E-state index in [1.54, 1.807) is 0 Å². The summed E-state index contributed by atoms with van der Waals surface area (Å²) in [5.74, 6) is 0.0201. The molecular formula is C26H21NO. The van der Waals surface area contributed by atoms with Crippen LogP contribution in [0, 0.1) is 5.92 Å². The highest BCUT2D eigenvalue weighted by atomic mass is 16.2. The topological polar surface area (TPSA) is 29.1 Å². The molecule has 1 fully saturated rings. The number of benzene rings is 4. The molecule has 0 bridgehead atoms. The lowest BCUT2D eigenvalue weighted by molar-refractivity contribution is -0.117. The first kappa shape index (κ1) is 16.8. The van der Waals surface area contributed by atoms with Crippen LogP contribution in [0.1, 0.15) is 17.5 Å².